The van der Waals surface area contributed by atoms with Crippen LogP contribution in [0.2, 0.25) is 0 Å². The van der Waals surface area contributed by atoms with E-state index in [4.69, 9.17) is 0 Å². The van der Waals surface area contributed by atoms with Gasteiger partial charge in [-0.25, -0.2) is 18.4 Å². The van der Waals surface area contributed by atoms with Crippen LogP contribution in [0.4, 0.5) is 11.6 Å². The lowest BCUT2D eigenvalue weighted by Gasteiger charge is -2.26. The van der Waals surface area contributed by atoms with Crippen molar-refractivity contribution in [2.45, 2.75) is 19.4 Å². The zero-order valence-electron chi connectivity index (χ0n) is 10.8. The number of nitrogens with zero attached hydrogens (tertiary/aromatic N) is 3. The van der Waals surface area contributed by atoms with Gasteiger partial charge >= 0.3 is 0 Å². The molecule has 1 aromatic heterocycles. The van der Waals surface area contributed by atoms with E-state index in [1.165, 1.54) is 6.33 Å². The molecule has 1 aliphatic rings. The fourth-order valence-corrected chi connectivity index (χ4v) is 4.08. The van der Waals surface area contributed by atoms with Crippen molar-refractivity contribution in [1.29, 1.82) is 0 Å². The summed E-state index contributed by atoms with van der Waals surface area (Å²) in [5.74, 6) is 2.04. The molecular formula is C11H18N4O2S. The van der Waals surface area contributed by atoms with E-state index in [-0.39, 0.29) is 17.5 Å². The highest BCUT2D eigenvalue weighted by Crippen LogP contribution is 2.26. The summed E-state index contributed by atoms with van der Waals surface area (Å²) in [6, 6.07) is 0.00769. The minimum atomic E-state index is -2.88. The van der Waals surface area contributed by atoms with Crippen LogP contribution in [0.3, 0.4) is 0 Å². The molecule has 1 aromatic rings. The van der Waals surface area contributed by atoms with Crippen molar-refractivity contribution >= 4 is 21.5 Å². The molecule has 2 heterocycles. The number of rotatable bonds is 3. The van der Waals surface area contributed by atoms with Crippen molar-refractivity contribution in [3.8, 4) is 0 Å². The molecule has 0 aromatic carbocycles. The predicted octanol–water partition coefficient (Wildman–Crippen LogP) is 0.450. The largest absolute Gasteiger partial charge is 0.373 e. The standard InChI is InChI=1S/C11H18N4O2S/c1-8-10(12-2)13-7-14-11(8)15(3)9-4-5-18(16,17)6-9/h7,9H,4-6H2,1-3H3,(H,12,13,14). The average Bonchev–Trinajstić information content (AvgIpc) is 2.69. The molecule has 0 amide bonds. The van der Waals surface area contributed by atoms with Gasteiger partial charge in [0, 0.05) is 25.7 Å². The number of nitrogens with one attached hydrogen (secondary N) is 1. The molecule has 100 valence electrons. The van der Waals surface area contributed by atoms with Gasteiger partial charge < -0.3 is 10.2 Å². The molecule has 0 spiro atoms. The van der Waals surface area contributed by atoms with Gasteiger partial charge in [0.25, 0.3) is 0 Å². The second-order valence-electron chi connectivity index (χ2n) is 4.59. The van der Waals surface area contributed by atoms with Crippen LogP contribution in [0.15, 0.2) is 6.33 Å². The van der Waals surface area contributed by atoms with Gasteiger partial charge in [0.1, 0.15) is 18.0 Å². The molecule has 0 radical (unpaired) electrons. The van der Waals surface area contributed by atoms with Crippen LogP contribution in [-0.4, -0.2) is 50.0 Å². The fraction of sp³-hybridized carbons (Fsp3) is 0.636. The van der Waals surface area contributed by atoms with Gasteiger partial charge in [0.05, 0.1) is 11.5 Å². The summed E-state index contributed by atoms with van der Waals surface area (Å²) in [5, 5.41) is 3.00. The van der Waals surface area contributed by atoms with E-state index in [9.17, 15) is 8.42 Å². The molecule has 0 aliphatic carbocycles. The number of hydrogen-bond donors (Lipinski definition) is 1. The van der Waals surface area contributed by atoms with Crippen LogP contribution >= 0.6 is 0 Å². The first-order valence-corrected chi connectivity index (χ1v) is 7.69. The first kappa shape index (κ1) is 13.1. The highest BCUT2D eigenvalue weighted by Gasteiger charge is 2.31. The minimum Gasteiger partial charge on any atom is -0.373 e. The maximum atomic E-state index is 11.5. The monoisotopic (exact) mass is 270 g/mol. The Balaban J connectivity index is 2.27. The summed E-state index contributed by atoms with van der Waals surface area (Å²) < 4.78 is 23.0. The van der Waals surface area contributed by atoms with E-state index in [0.717, 1.165) is 17.2 Å². The Kier molecular flexibility index (Phi) is 3.43. The molecule has 1 N–H and O–H groups in total. The zero-order chi connectivity index (χ0) is 13.3. The molecule has 1 aliphatic heterocycles. The first-order chi connectivity index (χ1) is 8.44. The normalized spacial score (nSPS) is 21.8. The van der Waals surface area contributed by atoms with Crippen LogP contribution in [0.25, 0.3) is 0 Å². The predicted molar refractivity (Wildman–Crippen MR) is 71.8 cm³/mol. The Morgan fingerprint density at radius 2 is 2.17 bits per heavy atom. The smallest absolute Gasteiger partial charge is 0.152 e. The van der Waals surface area contributed by atoms with Crippen LogP contribution < -0.4 is 10.2 Å². The van der Waals surface area contributed by atoms with E-state index < -0.39 is 9.84 Å². The highest BCUT2D eigenvalue weighted by molar-refractivity contribution is 7.91. The Morgan fingerprint density at radius 3 is 2.72 bits per heavy atom. The highest BCUT2D eigenvalue weighted by atomic mass is 32.2. The summed E-state index contributed by atoms with van der Waals surface area (Å²) in [4.78, 5) is 10.3. The van der Waals surface area contributed by atoms with E-state index >= 15 is 0 Å². The quantitative estimate of drug-likeness (QED) is 0.859. The number of sulfone groups is 1. The van der Waals surface area contributed by atoms with Gasteiger partial charge in [-0.2, -0.15) is 0 Å². The number of anilines is 2. The summed E-state index contributed by atoms with van der Waals surface area (Å²) in [7, 11) is 0.816. The SMILES string of the molecule is CNc1ncnc(N(C)C2CCS(=O)(=O)C2)c1C. The molecule has 1 unspecified atom stereocenters. The maximum Gasteiger partial charge on any atom is 0.152 e. The van der Waals surface area contributed by atoms with Crippen LogP contribution in [-0.2, 0) is 9.84 Å². The first-order valence-electron chi connectivity index (χ1n) is 5.87. The Morgan fingerprint density at radius 1 is 1.44 bits per heavy atom. The Labute approximate surface area is 107 Å². The number of hydrogen-bond acceptors (Lipinski definition) is 6. The van der Waals surface area contributed by atoms with Gasteiger partial charge in [-0.15, -0.1) is 0 Å². The van der Waals surface area contributed by atoms with E-state index in [0.29, 0.717) is 6.42 Å². The zero-order valence-corrected chi connectivity index (χ0v) is 11.7. The third-order valence-electron chi connectivity index (χ3n) is 3.38. The van der Waals surface area contributed by atoms with Crippen LogP contribution in [0.5, 0.6) is 0 Å². The van der Waals surface area contributed by atoms with Gasteiger partial charge in [-0.3, -0.25) is 0 Å². The molecule has 0 saturated carbocycles. The third kappa shape index (κ3) is 2.40. The van der Waals surface area contributed by atoms with Gasteiger partial charge in [0.15, 0.2) is 9.84 Å². The van der Waals surface area contributed by atoms with Crippen LogP contribution in [0, 0.1) is 6.92 Å². The average molecular weight is 270 g/mol. The van der Waals surface area contributed by atoms with E-state index in [1.54, 1.807) is 7.05 Å². The molecular weight excluding hydrogens is 252 g/mol. The second-order valence-corrected chi connectivity index (χ2v) is 6.82. The van der Waals surface area contributed by atoms with Crippen LogP contribution in [0.1, 0.15) is 12.0 Å². The second kappa shape index (κ2) is 4.72. The van der Waals surface area contributed by atoms with Crippen molar-refractivity contribution in [2.75, 3.05) is 35.8 Å². The molecule has 6 nitrogen and oxygen atoms in total. The lowest BCUT2D eigenvalue weighted by atomic mass is 10.2. The minimum absolute atomic E-state index is 0.00769. The summed E-state index contributed by atoms with van der Waals surface area (Å²) in [6.07, 6.45) is 2.16. The fourth-order valence-electron chi connectivity index (χ4n) is 2.30. The Hall–Kier alpha value is -1.37. The summed E-state index contributed by atoms with van der Waals surface area (Å²) in [6.45, 7) is 1.93. The van der Waals surface area contributed by atoms with Crippen molar-refractivity contribution in [1.82, 2.24) is 9.97 Å². The molecule has 0 bridgehead atoms. The lowest BCUT2D eigenvalue weighted by molar-refractivity contribution is 0.600. The van der Waals surface area contributed by atoms with E-state index in [2.05, 4.69) is 15.3 Å². The van der Waals surface area contributed by atoms with Gasteiger partial charge in [-0.1, -0.05) is 0 Å². The van der Waals surface area contributed by atoms with Gasteiger partial charge in [0.2, 0.25) is 0 Å². The van der Waals surface area contributed by atoms with Crippen molar-refractivity contribution in [3.05, 3.63) is 11.9 Å². The third-order valence-corrected chi connectivity index (χ3v) is 5.13. The van der Waals surface area contributed by atoms with Crippen molar-refractivity contribution < 1.29 is 8.42 Å². The van der Waals surface area contributed by atoms with Crippen molar-refractivity contribution in [3.63, 3.8) is 0 Å². The summed E-state index contributed by atoms with van der Waals surface area (Å²) in [5.41, 5.74) is 0.937. The molecule has 1 atom stereocenters. The number of aromatic nitrogens is 2. The lowest BCUT2D eigenvalue weighted by Crippen LogP contribution is -2.33. The van der Waals surface area contributed by atoms with Crippen molar-refractivity contribution in [2.24, 2.45) is 0 Å². The maximum absolute atomic E-state index is 11.5. The molecule has 7 heteroatoms. The molecule has 2 rings (SSSR count). The van der Waals surface area contributed by atoms with E-state index in [1.807, 2.05) is 18.9 Å². The van der Waals surface area contributed by atoms with Gasteiger partial charge in [-0.05, 0) is 13.3 Å². The molecule has 18 heavy (non-hydrogen) atoms. The topological polar surface area (TPSA) is 75.2 Å². The summed E-state index contributed by atoms with van der Waals surface area (Å²) >= 11 is 0. The molecule has 1 saturated heterocycles. The Bertz CT molecular complexity index is 544. The molecule has 1 fully saturated rings.